The molecular formula is C79H110N12O13. The van der Waals surface area contributed by atoms with Crippen LogP contribution in [0.4, 0.5) is 4.79 Å². The minimum Gasteiger partial charge on any atom is -0.467 e. The number of esters is 1. The van der Waals surface area contributed by atoms with Crippen LogP contribution in [-0.2, 0) is 89.2 Å². The predicted octanol–water partition coefficient (Wildman–Crippen LogP) is 7.71. The van der Waals surface area contributed by atoms with Crippen LogP contribution in [0.5, 0.6) is 0 Å². The summed E-state index contributed by atoms with van der Waals surface area (Å²) >= 11 is 0. The van der Waals surface area contributed by atoms with Crippen LogP contribution in [0.2, 0.25) is 0 Å². The molecule has 0 saturated heterocycles. The smallest absolute Gasteiger partial charge is 0.407 e. The molecule has 0 radical (unpaired) electrons. The van der Waals surface area contributed by atoms with Crippen molar-refractivity contribution in [2.75, 3.05) is 13.7 Å². The first kappa shape index (κ1) is 83.2. The molecule has 0 aliphatic rings. The molecule has 25 nitrogen and oxygen atoms in total. The van der Waals surface area contributed by atoms with Crippen LogP contribution in [0.25, 0.3) is 0 Å². The molecule has 6 rings (SSSR count). The molecule has 0 bridgehead atoms. The van der Waals surface area contributed by atoms with Crippen LogP contribution < -0.4 is 42.5 Å². The van der Waals surface area contributed by atoms with Crippen molar-refractivity contribution in [2.24, 2.45) is 24.8 Å². The van der Waals surface area contributed by atoms with Gasteiger partial charge in [-0.3, -0.25) is 33.6 Å². The molecular weight excluding hydrogens is 1320 g/mol. The predicted molar refractivity (Wildman–Crippen MR) is 396 cm³/mol. The highest BCUT2D eigenvalue weighted by Gasteiger charge is 2.43. The molecule has 3 unspecified atom stereocenters. The van der Waals surface area contributed by atoms with E-state index < -0.39 is 143 Å². The van der Waals surface area contributed by atoms with Gasteiger partial charge in [0.05, 0.1) is 55.5 Å². The molecule has 564 valence electrons. The zero-order chi connectivity index (χ0) is 76.6. The first-order valence-corrected chi connectivity index (χ1v) is 35.9. The van der Waals surface area contributed by atoms with Crippen molar-refractivity contribution in [1.82, 2.24) is 61.6 Å². The van der Waals surface area contributed by atoms with E-state index in [-0.39, 0.29) is 31.8 Å². The maximum Gasteiger partial charge on any atom is 0.407 e. The molecule has 104 heavy (non-hydrogen) atoms. The summed E-state index contributed by atoms with van der Waals surface area (Å²) in [5, 5.41) is 22.6. The number of ether oxygens (including phenoxy) is 4. The van der Waals surface area contributed by atoms with Gasteiger partial charge in [-0.2, -0.15) is 0 Å². The van der Waals surface area contributed by atoms with Crippen molar-refractivity contribution >= 4 is 53.4 Å². The van der Waals surface area contributed by atoms with E-state index in [9.17, 15) is 24.0 Å². The number of hydrogen-bond donors (Lipinski definition) is 8. The summed E-state index contributed by atoms with van der Waals surface area (Å²) in [5.74, 6) is -7.94. The maximum atomic E-state index is 15.8. The number of carbonyl (C=O) groups is 9. The lowest BCUT2D eigenvalue weighted by atomic mass is 9.77. The SMILES string of the molecule is CCCCOC(=O)N[C@@H](Cc1cncn1C)C(=O)N[C@H](C(=O)N[C@@H](C(=O)N[C@@H](Cc1cn(C(c2ccccc2)(c2ccccc2)c2ccccc2)cn1)C(=O)N[C@H](Cc1ccccc1)C(=O)N[C@@H](C(=O)N[C@H](C(=O)N[C@H](C(=O)OC)C(C)CC)C(C)OC(C)(C)C)C(C)C)C(C)C)C(C)OC(C)(C)C. The molecule has 8 N–H and O–H groups in total. The Hall–Kier alpha value is -9.75. The number of methoxy groups -OCH3 is 1. The van der Waals surface area contributed by atoms with Gasteiger partial charge < -0.3 is 70.6 Å². The quantitative estimate of drug-likeness (QED) is 0.0105. The lowest BCUT2D eigenvalue weighted by Gasteiger charge is -2.37. The number of benzene rings is 4. The molecule has 2 aromatic heterocycles. The van der Waals surface area contributed by atoms with Gasteiger partial charge in [-0.1, -0.05) is 183 Å². The number of amides is 8. The van der Waals surface area contributed by atoms with E-state index in [4.69, 9.17) is 23.9 Å². The monoisotopic (exact) mass is 1430 g/mol. The highest BCUT2D eigenvalue weighted by molar-refractivity contribution is 5.98. The highest BCUT2D eigenvalue weighted by atomic mass is 16.5. The Labute approximate surface area is 612 Å². The van der Waals surface area contributed by atoms with Crippen molar-refractivity contribution in [3.63, 3.8) is 0 Å². The lowest BCUT2D eigenvalue weighted by molar-refractivity contribution is -0.148. The zero-order valence-electron chi connectivity index (χ0n) is 63.4. The minimum atomic E-state index is -1.55. The van der Waals surface area contributed by atoms with Crippen molar-refractivity contribution in [3.8, 4) is 0 Å². The van der Waals surface area contributed by atoms with Crippen LogP contribution in [-0.4, -0.2) is 158 Å². The number of unbranched alkanes of at least 4 members (excludes halogenated alkanes) is 1. The molecule has 0 aliphatic carbocycles. The van der Waals surface area contributed by atoms with Gasteiger partial charge in [0.1, 0.15) is 53.9 Å². The number of hydrogen-bond acceptors (Lipinski definition) is 15. The normalized spacial score (nSPS) is 15.0. The largest absolute Gasteiger partial charge is 0.467 e. The standard InChI is InChI=1S/C79H110N12O13/c1-18-20-41-102-76(100)84-62(44-59-45-80-47-90(59)16)70(94)88-66(52(8)103-77(10,11)12)73(97)86-63(49(3)4)71(95)83-61(43-58-46-91(48-81-58)79(55-35-27-22-28-36-55,56-37-29-23-30-38-56)57-39-31-24-32-40-57)68(92)82-60(42-54-33-25-21-26-34-54)69(93)85-64(50(5)6)72(96)89-67(53(9)104-78(13,14)15)74(98)87-65(51(7)19-2)75(99)101-17/h21-40,45-53,60-67H,18-20,41-44H2,1-17H3,(H,82,92)(H,83,95)(H,84,100)(H,85,93)(H,86,97)(H,87,98)(H,88,94)(H,89,96)/t51?,52?,53?,60-,61+,62+,63-,64-,65+,66+,67+/m1/s1. The Bertz CT molecular complexity index is 3660. The summed E-state index contributed by atoms with van der Waals surface area (Å²) in [4.78, 5) is 141. The average molecular weight is 1440 g/mol. The van der Waals surface area contributed by atoms with Gasteiger partial charge >= 0.3 is 12.1 Å². The number of aryl methyl sites for hydroxylation is 1. The Morgan fingerprint density at radius 1 is 0.481 bits per heavy atom. The second-order valence-corrected chi connectivity index (χ2v) is 29.2. The van der Waals surface area contributed by atoms with E-state index in [0.29, 0.717) is 29.8 Å². The van der Waals surface area contributed by atoms with E-state index in [1.165, 1.54) is 7.11 Å². The Balaban J connectivity index is 1.43. The Morgan fingerprint density at radius 2 is 0.885 bits per heavy atom. The fourth-order valence-corrected chi connectivity index (χ4v) is 12.3. The molecule has 11 atom stereocenters. The van der Waals surface area contributed by atoms with E-state index in [0.717, 1.165) is 23.1 Å². The van der Waals surface area contributed by atoms with Crippen molar-refractivity contribution in [2.45, 2.75) is 220 Å². The fourth-order valence-electron chi connectivity index (χ4n) is 12.3. The number of rotatable bonds is 37. The fraction of sp³-hybridized carbons (Fsp3) is 0.506. The van der Waals surface area contributed by atoms with Gasteiger partial charge in [-0.05, 0) is 102 Å². The van der Waals surface area contributed by atoms with E-state index in [1.54, 1.807) is 157 Å². The molecule has 8 amide bonds. The molecule has 0 fully saturated rings. The molecule has 6 aromatic rings. The van der Waals surface area contributed by atoms with E-state index in [1.807, 2.05) is 109 Å². The molecule has 0 saturated carbocycles. The summed E-state index contributed by atoms with van der Waals surface area (Å²) in [6, 6.07) is 27.5. The molecule has 4 aromatic carbocycles. The topological polar surface area (TPSA) is 322 Å². The molecule has 0 aliphatic heterocycles. The number of nitrogens with one attached hydrogen (secondary N) is 8. The third-order valence-electron chi connectivity index (χ3n) is 17.9. The first-order chi connectivity index (χ1) is 49.2. The Kier molecular flexibility index (Phi) is 30.9. The summed E-state index contributed by atoms with van der Waals surface area (Å²) < 4.78 is 26.7. The summed E-state index contributed by atoms with van der Waals surface area (Å²) in [6.07, 6.45) is 5.08. The molecule has 0 spiro atoms. The third-order valence-corrected chi connectivity index (χ3v) is 17.9. The highest BCUT2D eigenvalue weighted by Crippen LogP contribution is 2.41. The van der Waals surface area contributed by atoms with E-state index in [2.05, 4.69) is 47.5 Å². The van der Waals surface area contributed by atoms with Crippen molar-refractivity contribution < 1.29 is 62.1 Å². The van der Waals surface area contributed by atoms with Gasteiger partial charge in [0.2, 0.25) is 41.4 Å². The average Bonchev–Trinajstić information content (AvgIpc) is 1.25. The summed E-state index contributed by atoms with van der Waals surface area (Å²) in [7, 11) is 2.95. The number of nitrogens with zero attached hydrogens (tertiary/aromatic N) is 4. The van der Waals surface area contributed by atoms with Crippen LogP contribution in [0.3, 0.4) is 0 Å². The van der Waals surface area contributed by atoms with Crippen LogP contribution in [0.1, 0.15) is 157 Å². The lowest BCUT2D eigenvalue weighted by Crippen LogP contribution is -2.63. The van der Waals surface area contributed by atoms with Crippen molar-refractivity contribution in [1.29, 1.82) is 0 Å². The van der Waals surface area contributed by atoms with Gasteiger partial charge in [0.15, 0.2) is 0 Å². The van der Waals surface area contributed by atoms with Gasteiger partial charge in [0, 0.05) is 44.4 Å². The third kappa shape index (κ3) is 23.6. The number of carbonyl (C=O) groups excluding carboxylic acids is 9. The molecule has 25 heteroatoms. The summed E-state index contributed by atoms with van der Waals surface area (Å²) in [6.45, 7) is 26.4. The van der Waals surface area contributed by atoms with Crippen LogP contribution in [0.15, 0.2) is 146 Å². The van der Waals surface area contributed by atoms with Gasteiger partial charge in [-0.25, -0.2) is 19.6 Å². The second-order valence-electron chi connectivity index (χ2n) is 29.2. The Morgan fingerprint density at radius 3 is 1.33 bits per heavy atom. The maximum absolute atomic E-state index is 15.8. The summed E-state index contributed by atoms with van der Waals surface area (Å²) in [5.41, 5.74) is 1.46. The zero-order valence-corrected chi connectivity index (χ0v) is 63.4. The van der Waals surface area contributed by atoms with E-state index >= 15 is 19.2 Å². The first-order valence-electron chi connectivity index (χ1n) is 35.9. The molecule has 2 heterocycles. The number of imidazole rings is 2. The number of aromatic nitrogens is 4. The minimum absolute atomic E-state index is 0.0481. The van der Waals surface area contributed by atoms with Crippen molar-refractivity contribution in [3.05, 3.63) is 180 Å². The van der Waals surface area contributed by atoms with Crippen LogP contribution in [0, 0.1) is 17.8 Å². The van der Waals surface area contributed by atoms with Gasteiger partial charge in [0.25, 0.3) is 0 Å². The van der Waals surface area contributed by atoms with Crippen LogP contribution >= 0.6 is 0 Å². The van der Waals surface area contributed by atoms with Gasteiger partial charge in [-0.15, -0.1) is 0 Å². The second kappa shape index (κ2) is 38.7. The number of alkyl carbamates (subject to hydrolysis) is 1.